The van der Waals surface area contributed by atoms with E-state index in [2.05, 4.69) is 15.6 Å². The van der Waals surface area contributed by atoms with E-state index < -0.39 is 0 Å². The highest BCUT2D eigenvalue weighted by atomic mass is 16.1. The third kappa shape index (κ3) is 2.67. The molecule has 0 radical (unpaired) electrons. The van der Waals surface area contributed by atoms with Crippen molar-refractivity contribution in [3.63, 3.8) is 0 Å². The molecule has 5 nitrogen and oxygen atoms in total. The Kier molecular flexibility index (Phi) is 3.48. The predicted molar refractivity (Wildman–Crippen MR) is 84.9 cm³/mol. The summed E-state index contributed by atoms with van der Waals surface area (Å²) in [6, 6.07) is 11.7. The number of nitrogens with one attached hydrogen (secondary N) is 2. The molecule has 0 fully saturated rings. The third-order valence-electron chi connectivity index (χ3n) is 3.62. The minimum absolute atomic E-state index is 0.00754. The van der Waals surface area contributed by atoms with E-state index >= 15 is 0 Å². The maximum Gasteiger partial charge on any atom is 0.233 e. The number of para-hydroxylation sites is 1. The third-order valence-corrected chi connectivity index (χ3v) is 3.62. The second kappa shape index (κ2) is 5.44. The maximum atomic E-state index is 12.4. The van der Waals surface area contributed by atoms with Crippen LogP contribution >= 0.6 is 0 Å². The zero-order valence-corrected chi connectivity index (χ0v) is 12.1. The molecule has 2 aromatic rings. The van der Waals surface area contributed by atoms with Crippen LogP contribution in [0.25, 0.3) is 0 Å². The molecule has 0 bridgehead atoms. The molecule has 1 aromatic carbocycles. The Labute approximate surface area is 124 Å². The van der Waals surface area contributed by atoms with Crippen LogP contribution in [0.1, 0.15) is 11.5 Å². The zero-order chi connectivity index (χ0) is 14.8. The number of anilines is 3. The average molecular weight is 282 g/mol. The van der Waals surface area contributed by atoms with Gasteiger partial charge in [0, 0.05) is 26.3 Å². The number of hydrogen-bond donors (Lipinski definition) is 2. The van der Waals surface area contributed by atoms with Crippen molar-refractivity contribution in [2.45, 2.75) is 5.92 Å². The summed E-state index contributed by atoms with van der Waals surface area (Å²) in [6.07, 6.45) is 1.68. The Morgan fingerprint density at radius 2 is 2.10 bits per heavy atom. The van der Waals surface area contributed by atoms with E-state index in [9.17, 15) is 4.79 Å². The zero-order valence-electron chi connectivity index (χ0n) is 12.1. The van der Waals surface area contributed by atoms with Gasteiger partial charge in [0.15, 0.2) is 0 Å². The quantitative estimate of drug-likeness (QED) is 0.907. The number of carbonyl (C=O) groups is 1. The Bertz CT molecular complexity index is 652. The van der Waals surface area contributed by atoms with Crippen LogP contribution in [0.3, 0.4) is 0 Å². The molecule has 1 unspecified atom stereocenters. The maximum absolute atomic E-state index is 12.4. The van der Waals surface area contributed by atoms with Crippen LogP contribution in [-0.2, 0) is 4.79 Å². The summed E-state index contributed by atoms with van der Waals surface area (Å²) < 4.78 is 0. The van der Waals surface area contributed by atoms with Gasteiger partial charge in [0.25, 0.3) is 0 Å². The molecule has 1 aliphatic heterocycles. The number of hydrogen-bond acceptors (Lipinski definition) is 4. The minimum atomic E-state index is -0.158. The van der Waals surface area contributed by atoms with Crippen molar-refractivity contribution >= 4 is 23.1 Å². The number of carbonyl (C=O) groups excluding carboxylic acids is 1. The first-order chi connectivity index (χ1) is 10.1. The molecule has 0 aliphatic carbocycles. The number of pyridine rings is 1. The van der Waals surface area contributed by atoms with Gasteiger partial charge < -0.3 is 15.5 Å². The van der Waals surface area contributed by atoms with Gasteiger partial charge in [-0.1, -0.05) is 18.2 Å². The highest BCUT2D eigenvalue weighted by Crippen LogP contribution is 2.31. The Morgan fingerprint density at radius 3 is 2.81 bits per heavy atom. The van der Waals surface area contributed by atoms with Crippen LogP contribution in [0.5, 0.6) is 0 Å². The van der Waals surface area contributed by atoms with Gasteiger partial charge in [-0.2, -0.15) is 0 Å². The lowest BCUT2D eigenvalue weighted by molar-refractivity contribution is -0.117. The number of nitrogens with zero attached hydrogens (tertiary/aromatic N) is 2. The van der Waals surface area contributed by atoms with Gasteiger partial charge in [-0.15, -0.1) is 0 Å². The van der Waals surface area contributed by atoms with E-state index in [0.717, 1.165) is 22.8 Å². The second-order valence-corrected chi connectivity index (χ2v) is 5.31. The lowest BCUT2D eigenvalue weighted by atomic mass is 10.0. The summed E-state index contributed by atoms with van der Waals surface area (Å²) in [7, 11) is 3.86. The topological polar surface area (TPSA) is 57.3 Å². The van der Waals surface area contributed by atoms with Crippen molar-refractivity contribution in [3.8, 4) is 0 Å². The van der Waals surface area contributed by atoms with Crippen LogP contribution in [0.4, 0.5) is 17.2 Å². The average Bonchev–Trinajstić information content (AvgIpc) is 2.92. The highest BCUT2D eigenvalue weighted by Gasteiger charge is 2.28. The van der Waals surface area contributed by atoms with Crippen molar-refractivity contribution in [2.24, 2.45) is 0 Å². The largest absolute Gasteiger partial charge is 0.384 e. The van der Waals surface area contributed by atoms with E-state index in [1.165, 1.54) is 0 Å². The molecule has 21 heavy (non-hydrogen) atoms. The number of fused-ring (bicyclic) bond motifs is 1. The Balaban J connectivity index is 1.73. The number of benzene rings is 1. The summed E-state index contributed by atoms with van der Waals surface area (Å²) in [4.78, 5) is 18.6. The van der Waals surface area contributed by atoms with Crippen LogP contribution in [0, 0.1) is 0 Å². The van der Waals surface area contributed by atoms with Gasteiger partial charge in [-0.05, 0) is 23.8 Å². The normalized spacial score (nSPS) is 16.0. The molecule has 2 heterocycles. The van der Waals surface area contributed by atoms with E-state index in [0.29, 0.717) is 6.54 Å². The molecular formula is C16H18N4O. The Hall–Kier alpha value is -2.56. The molecule has 2 N–H and O–H groups in total. The fraction of sp³-hybridized carbons (Fsp3) is 0.250. The van der Waals surface area contributed by atoms with Crippen molar-refractivity contribution in [1.82, 2.24) is 4.98 Å². The van der Waals surface area contributed by atoms with Crippen molar-refractivity contribution in [3.05, 3.63) is 48.2 Å². The predicted octanol–water partition coefficient (Wildman–Crippen LogP) is 2.30. The van der Waals surface area contributed by atoms with Crippen LogP contribution in [0.15, 0.2) is 42.6 Å². The fourth-order valence-corrected chi connectivity index (χ4v) is 2.47. The van der Waals surface area contributed by atoms with E-state index in [-0.39, 0.29) is 11.8 Å². The summed E-state index contributed by atoms with van der Waals surface area (Å²) in [5.41, 5.74) is 2.81. The molecule has 1 aliphatic rings. The van der Waals surface area contributed by atoms with Crippen molar-refractivity contribution in [2.75, 3.05) is 36.2 Å². The molecule has 1 aromatic heterocycles. The number of rotatable bonds is 3. The lowest BCUT2D eigenvalue weighted by Crippen LogP contribution is -2.22. The first-order valence-corrected chi connectivity index (χ1v) is 6.92. The molecule has 0 spiro atoms. The lowest BCUT2D eigenvalue weighted by Gasteiger charge is -2.13. The second-order valence-electron chi connectivity index (χ2n) is 5.31. The smallest absolute Gasteiger partial charge is 0.233 e. The molecule has 1 atom stereocenters. The summed E-state index contributed by atoms with van der Waals surface area (Å²) in [5.74, 6) is 0.697. The van der Waals surface area contributed by atoms with E-state index in [1.54, 1.807) is 6.20 Å². The first kappa shape index (κ1) is 13.4. The molecule has 0 saturated carbocycles. The highest BCUT2D eigenvalue weighted by molar-refractivity contribution is 5.98. The van der Waals surface area contributed by atoms with Crippen molar-refractivity contribution in [1.29, 1.82) is 0 Å². The van der Waals surface area contributed by atoms with Crippen LogP contribution in [-0.4, -0.2) is 31.5 Å². The molecule has 3 rings (SSSR count). The van der Waals surface area contributed by atoms with Gasteiger partial charge in [0.05, 0.1) is 17.8 Å². The number of aromatic nitrogens is 1. The molecule has 1 amide bonds. The van der Waals surface area contributed by atoms with Crippen LogP contribution < -0.4 is 15.5 Å². The summed E-state index contributed by atoms with van der Waals surface area (Å²) in [5, 5.41) is 6.19. The summed E-state index contributed by atoms with van der Waals surface area (Å²) >= 11 is 0. The van der Waals surface area contributed by atoms with Crippen LogP contribution in [0.2, 0.25) is 0 Å². The molecule has 108 valence electrons. The SMILES string of the molecule is CN(C)c1ccc(NC(=O)C2CNc3ccccc32)cn1. The molecule has 5 heteroatoms. The van der Waals surface area contributed by atoms with Gasteiger partial charge in [-0.25, -0.2) is 4.98 Å². The van der Waals surface area contributed by atoms with Gasteiger partial charge in [0.2, 0.25) is 5.91 Å². The first-order valence-electron chi connectivity index (χ1n) is 6.92. The number of amides is 1. The van der Waals surface area contributed by atoms with Gasteiger partial charge in [-0.3, -0.25) is 4.79 Å². The van der Waals surface area contributed by atoms with Crippen molar-refractivity contribution < 1.29 is 4.79 Å². The van der Waals surface area contributed by atoms with E-state index in [1.807, 2.05) is 55.4 Å². The standard InChI is InChI=1S/C16H18N4O/c1-20(2)15-8-7-11(9-18-15)19-16(21)13-10-17-14-6-4-3-5-12(13)14/h3-9,13,17H,10H2,1-2H3,(H,19,21). The van der Waals surface area contributed by atoms with Gasteiger partial charge >= 0.3 is 0 Å². The molecular weight excluding hydrogens is 264 g/mol. The monoisotopic (exact) mass is 282 g/mol. The van der Waals surface area contributed by atoms with E-state index in [4.69, 9.17) is 0 Å². The summed E-state index contributed by atoms with van der Waals surface area (Å²) in [6.45, 7) is 0.633. The minimum Gasteiger partial charge on any atom is -0.384 e. The fourth-order valence-electron chi connectivity index (χ4n) is 2.47. The molecule has 0 saturated heterocycles. The van der Waals surface area contributed by atoms with Gasteiger partial charge in [0.1, 0.15) is 5.82 Å². The Morgan fingerprint density at radius 1 is 1.29 bits per heavy atom.